The number of carbonyl (C=O) groups is 3. The lowest BCUT2D eigenvalue weighted by Crippen LogP contribution is -2.34. The molecule has 1 aliphatic carbocycles. The van der Waals surface area contributed by atoms with Crippen LogP contribution in [-0.4, -0.2) is 72.4 Å². The lowest BCUT2D eigenvalue weighted by molar-refractivity contribution is -0.143. The number of allylic oxidation sites excluding steroid dienone is 3. The van der Waals surface area contributed by atoms with Gasteiger partial charge in [-0.25, -0.2) is 9.79 Å². The molecule has 0 bridgehead atoms. The number of esters is 1. The summed E-state index contributed by atoms with van der Waals surface area (Å²) in [5.41, 5.74) is 7.17. The van der Waals surface area contributed by atoms with Gasteiger partial charge < -0.3 is 35.2 Å². The standard InChI is InChI=1S/C21H27N4O8P/c1-3-25(10-11-33-21(28)20(22)34(29,30)31)16-7-4-14(5-8-16)23-15-6-9-18(26)17(12-15)24-19(27)13-32-2/h4-9,12,20H,3,10-11,13,22H2,1-2H3,(H,24,27)(H2,29,30,31). The van der Waals surface area contributed by atoms with Gasteiger partial charge in [0.1, 0.15) is 13.2 Å². The molecule has 1 aromatic rings. The number of methoxy groups -OCH3 is 1. The van der Waals surface area contributed by atoms with Gasteiger partial charge in [0.2, 0.25) is 17.5 Å². The number of ketones is 1. The Bertz CT molecular complexity index is 1050. The van der Waals surface area contributed by atoms with E-state index >= 15 is 0 Å². The van der Waals surface area contributed by atoms with Gasteiger partial charge in [0.05, 0.1) is 23.6 Å². The zero-order valence-corrected chi connectivity index (χ0v) is 19.6. The Kier molecular flexibility index (Phi) is 9.84. The predicted octanol–water partition coefficient (Wildman–Crippen LogP) is 0.377. The molecule has 13 heteroatoms. The molecule has 0 fully saturated rings. The molecule has 5 N–H and O–H groups in total. The minimum absolute atomic E-state index is 0.102. The monoisotopic (exact) mass is 494 g/mol. The zero-order valence-electron chi connectivity index (χ0n) is 18.7. The van der Waals surface area contributed by atoms with Gasteiger partial charge in [0.25, 0.3) is 0 Å². The van der Waals surface area contributed by atoms with E-state index in [1.807, 2.05) is 11.8 Å². The number of likely N-dealkylation sites (N-methyl/N-ethyl adjacent to an activating group) is 1. The predicted molar refractivity (Wildman–Crippen MR) is 125 cm³/mol. The first-order chi connectivity index (χ1) is 16.0. The molecule has 0 radical (unpaired) electrons. The first kappa shape index (κ1) is 27.1. The highest BCUT2D eigenvalue weighted by atomic mass is 31.2. The number of benzene rings is 1. The lowest BCUT2D eigenvalue weighted by Gasteiger charge is -2.23. The largest absolute Gasteiger partial charge is 0.462 e. The van der Waals surface area contributed by atoms with Crippen LogP contribution in [0.25, 0.3) is 0 Å². The summed E-state index contributed by atoms with van der Waals surface area (Å²) in [7, 11) is -3.38. The summed E-state index contributed by atoms with van der Waals surface area (Å²) in [5.74, 6) is -3.97. The molecule has 0 spiro atoms. The van der Waals surface area contributed by atoms with Crippen LogP contribution in [0.2, 0.25) is 0 Å². The van der Waals surface area contributed by atoms with Gasteiger partial charge in [0, 0.05) is 19.3 Å². The highest BCUT2D eigenvalue weighted by Crippen LogP contribution is 2.38. The van der Waals surface area contributed by atoms with Crippen molar-refractivity contribution >= 4 is 42.3 Å². The van der Waals surface area contributed by atoms with Crippen LogP contribution in [0.3, 0.4) is 0 Å². The third-order valence-corrected chi connectivity index (χ3v) is 5.51. The van der Waals surface area contributed by atoms with Crippen LogP contribution in [0, 0.1) is 0 Å². The van der Waals surface area contributed by atoms with Crippen LogP contribution in [0.1, 0.15) is 6.92 Å². The van der Waals surface area contributed by atoms with Crippen LogP contribution in [0.4, 0.5) is 11.4 Å². The average molecular weight is 494 g/mol. The molecule has 0 saturated carbocycles. The van der Waals surface area contributed by atoms with Crippen LogP contribution in [-0.2, 0) is 28.4 Å². The Morgan fingerprint density at radius 1 is 1.24 bits per heavy atom. The summed E-state index contributed by atoms with van der Waals surface area (Å²) in [6.07, 6.45) is 4.32. The van der Waals surface area contributed by atoms with Crippen molar-refractivity contribution in [2.24, 2.45) is 10.7 Å². The number of anilines is 1. The van der Waals surface area contributed by atoms with Gasteiger partial charge in [-0.05, 0) is 49.4 Å². The van der Waals surface area contributed by atoms with E-state index in [2.05, 4.69) is 10.3 Å². The van der Waals surface area contributed by atoms with Crippen LogP contribution in [0.5, 0.6) is 0 Å². The van der Waals surface area contributed by atoms with Gasteiger partial charge in [0.15, 0.2) is 0 Å². The fraction of sp³-hybridized carbons (Fsp3) is 0.333. The van der Waals surface area contributed by atoms with Crippen molar-refractivity contribution in [1.29, 1.82) is 0 Å². The second kappa shape index (κ2) is 12.4. The average Bonchev–Trinajstić information content (AvgIpc) is 2.78. The van der Waals surface area contributed by atoms with Gasteiger partial charge in [-0.2, -0.15) is 0 Å². The lowest BCUT2D eigenvalue weighted by atomic mass is 10.1. The number of nitrogens with one attached hydrogen (secondary N) is 1. The molecule has 1 aliphatic rings. The van der Waals surface area contributed by atoms with Crippen molar-refractivity contribution in [3.8, 4) is 0 Å². The summed E-state index contributed by atoms with van der Waals surface area (Å²) in [6.45, 7) is 2.47. The van der Waals surface area contributed by atoms with Crippen LogP contribution in [0.15, 0.2) is 53.2 Å². The Morgan fingerprint density at radius 3 is 2.50 bits per heavy atom. The number of hydrogen-bond donors (Lipinski definition) is 4. The van der Waals surface area contributed by atoms with Crippen molar-refractivity contribution in [3.05, 3.63) is 48.2 Å². The summed E-state index contributed by atoms with van der Waals surface area (Å²) in [6, 6.07) is 7.10. The van der Waals surface area contributed by atoms with E-state index in [0.29, 0.717) is 17.9 Å². The molecule has 1 amide bonds. The van der Waals surface area contributed by atoms with Crippen LogP contribution < -0.4 is 16.0 Å². The number of ether oxygens (including phenoxy) is 2. The molecule has 2 rings (SSSR count). The number of carbonyl (C=O) groups excluding carboxylic acids is 3. The van der Waals surface area contributed by atoms with E-state index < -0.39 is 25.3 Å². The molecule has 12 nitrogen and oxygen atoms in total. The van der Waals surface area contributed by atoms with Crippen molar-refractivity contribution in [2.75, 3.05) is 38.3 Å². The zero-order chi connectivity index (χ0) is 25.3. The van der Waals surface area contributed by atoms with Crippen molar-refractivity contribution < 1.29 is 38.2 Å². The Hall–Kier alpha value is -3.15. The molecule has 0 aromatic heterocycles. The maximum absolute atomic E-state index is 12.0. The van der Waals surface area contributed by atoms with E-state index in [-0.39, 0.29) is 31.2 Å². The Balaban J connectivity index is 2.02. The first-order valence-electron chi connectivity index (χ1n) is 10.2. The first-order valence-corrected chi connectivity index (χ1v) is 11.9. The highest BCUT2D eigenvalue weighted by molar-refractivity contribution is 7.53. The van der Waals surface area contributed by atoms with E-state index in [0.717, 1.165) is 5.69 Å². The normalized spacial score (nSPS) is 15.6. The van der Waals surface area contributed by atoms with Crippen molar-refractivity contribution in [3.63, 3.8) is 0 Å². The van der Waals surface area contributed by atoms with E-state index in [1.54, 1.807) is 24.3 Å². The van der Waals surface area contributed by atoms with Crippen molar-refractivity contribution in [1.82, 2.24) is 5.32 Å². The summed E-state index contributed by atoms with van der Waals surface area (Å²) >= 11 is 0. The minimum atomic E-state index is -4.76. The maximum Gasteiger partial charge on any atom is 0.353 e. The number of hydrogen-bond acceptors (Lipinski definition) is 9. The Morgan fingerprint density at radius 2 is 1.91 bits per heavy atom. The molecule has 34 heavy (non-hydrogen) atoms. The smallest absolute Gasteiger partial charge is 0.353 e. The van der Waals surface area contributed by atoms with Crippen LogP contribution >= 0.6 is 7.60 Å². The topological polar surface area (TPSA) is 181 Å². The second-order valence-electron chi connectivity index (χ2n) is 7.07. The number of nitrogens with two attached hydrogens (primary N) is 1. The molecule has 184 valence electrons. The molecule has 0 saturated heterocycles. The molecule has 1 aromatic carbocycles. The molecular weight excluding hydrogens is 467 g/mol. The third kappa shape index (κ3) is 8.01. The summed E-state index contributed by atoms with van der Waals surface area (Å²) in [4.78, 5) is 59.5. The maximum atomic E-state index is 12.0. The number of aliphatic imine (C=N–C) groups is 1. The minimum Gasteiger partial charge on any atom is -0.462 e. The molecular formula is C21H27N4O8P. The van der Waals surface area contributed by atoms with Gasteiger partial charge in [-0.3, -0.25) is 14.2 Å². The summed E-state index contributed by atoms with van der Waals surface area (Å²) in [5, 5.41) is 2.48. The number of amides is 1. The fourth-order valence-corrected chi connectivity index (χ4v) is 3.19. The summed E-state index contributed by atoms with van der Waals surface area (Å²) < 4.78 is 20.6. The highest BCUT2D eigenvalue weighted by Gasteiger charge is 2.33. The second-order valence-corrected chi connectivity index (χ2v) is 8.81. The fourth-order valence-electron chi connectivity index (χ4n) is 2.84. The number of nitrogens with zero attached hydrogens (tertiary/aromatic N) is 2. The van der Waals surface area contributed by atoms with Crippen molar-refractivity contribution in [2.45, 2.75) is 12.7 Å². The Labute approximate surface area is 196 Å². The van der Waals surface area contributed by atoms with Gasteiger partial charge in [-0.15, -0.1) is 0 Å². The number of rotatable bonds is 11. The third-order valence-electron chi connectivity index (χ3n) is 4.58. The SMILES string of the molecule is CCN(CCOC(=O)C(N)P(=O)(O)O)c1ccc(N=C2C=CC(=O)C(NC(=O)COC)=C2)cc1. The van der Waals surface area contributed by atoms with Gasteiger partial charge in [-0.1, -0.05) is 0 Å². The quantitative estimate of drug-likeness (QED) is 0.191. The van der Waals surface area contributed by atoms with E-state index in [9.17, 15) is 18.9 Å². The molecule has 0 aliphatic heterocycles. The molecule has 0 heterocycles. The molecule has 1 atom stereocenters. The van der Waals surface area contributed by atoms with E-state index in [4.69, 9.17) is 25.0 Å². The van der Waals surface area contributed by atoms with E-state index in [1.165, 1.54) is 25.3 Å². The molecule has 1 unspecified atom stereocenters. The van der Waals surface area contributed by atoms with Gasteiger partial charge >= 0.3 is 13.6 Å².